The average Bonchev–Trinajstić information content (AvgIpc) is 2.42. The van der Waals surface area contributed by atoms with Crippen molar-refractivity contribution in [1.29, 1.82) is 0 Å². The SMILES string of the molecule is CC[CH2][Ni][P](c1ccccc1)c1ccccc1. The third-order valence-electron chi connectivity index (χ3n) is 2.26. The molecule has 2 rings (SSSR count). The molecule has 0 atom stereocenters. The summed E-state index contributed by atoms with van der Waals surface area (Å²) in [5.41, 5.74) is 0. The Morgan fingerprint density at radius 2 is 1.29 bits per heavy atom. The number of hydrogen-bond donors (Lipinski definition) is 0. The molecule has 92 valence electrons. The maximum absolute atomic E-state index is 2.26. The van der Waals surface area contributed by atoms with E-state index in [-0.39, 0.29) is 6.70 Å². The van der Waals surface area contributed by atoms with Crippen LogP contribution in [0.2, 0.25) is 5.39 Å². The molecule has 0 unspecified atom stereocenters. The molecule has 0 aliphatic heterocycles. The van der Waals surface area contributed by atoms with Crippen LogP contribution >= 0.6 is 6.70 Å². The Balaban J connectivity index is 2.26. The zero-order valence-electron chi connectivity index (χ0n) is 9.95. The molecule has 0 fully saturated rings. The van der Waals surface area contributed by atoms with Gasteiger partial charge in [0.15, 0.2) is 0 Å². The van der Waals surface area contributed by atoms with E-state index in [0.29, 0.717) is 0 Å². The molecule has 2 aromatic rings. The van der Waals surface area contributed by atoms with Crippen molar-refractivity contribution in [3.63, 3.8) is 0 Å². The van der Waals surface area contributed by atoms with Gasteiger partial charge in [0.05, 0.1) is 0 Å². The topological polar surface area (TPSA) is 0 Å². The van der Waals surface area contributed by atoms with Gasteiger partial charge < -0.3 is 0 Å². The number of hydrogen-bond acceptors (Lipinski definition) is 0. The molecule has 0 amide bonds. The fourth-order valence-corrected chi connectivity index (χ4v) is 6.44. The second-order valence-corrected chi connectivity index (χ2v) is 8.18. The van der Waals surface area contributed by atoms with Gasteiger partial charge in [0.1, 0.15) is 0 Å². The van der Waals surface area contributed by atoms with Crippen molar-refractivity contribution < 1.29 is 14.0 Å². The summed E-state index contributed by atoms with van der Waals surface area (Å²) >= 11 is 1.90. The fraction of sp³-hybridized carbons (Fsp3) is 0.200. The molecule has 2 aromatic carbocycles. The first-order valence-corrected chi connectivity index (χ1v) is 9.04. The Kier molecular flexibility index (Phi) is 5.23. The molecule has 0 bridgehead atoms. The first kappa shape index (κ1) is 12.8. The molecule has 0 heterocycles. The van der Waals surface area contributed by atoms with E-state index >= 15 is 0 Å². The first-order valence-electron chi connectivity index (χ1n) is 5.84. The van der Waals surface area contributed by atoms with Crippen LogP contribution in [0.15, 0.2) is 60.7 Å². The van der Waals surface area contributed by atoms with Crippen LogP contribution in [0, 0.1) is 0 Å². The van der Waals surface area contributed by atoms with Gasteiger partial charge >= 0.3 is 111 Å². The second-order valence-electron chi connectivity index (χ2n) is 3.68. The standard InChI is InChI=1S/C12H10P.C3H7.Ni/c1-3-7-11(8-4-1)13-12-9-5-2-6-10-12;1-3-2;/h1-10H;1,3H2,2H3;/q-1;;+1. The number of rotatable bonds is 5. The monoisotopic (exact) mass is 286 g/mol. The fourth-order valence-electron chi connectivity index (χ4n) is 1.51. The van der Waals surface area contributed by atoms with Crippen molar-refractivity contribution in [3.05, 3.63) is 60.7 Å². The number of benzene rings is 2. The zero-order valence-corrected chi connectivity index (χ0v) is 11.8. The summed E-state index contributed by atoms with van der Waals surface area (Å²) in [4.78, 5) is 0. The van der Waals surface area contributed by atoms with E-state index in [1.807, 2.05) is 14.0 Å². The van der Waals surface area contributed by atoms with E-state index in [9.17, 15) is 0 Å². The Morgan fingerprint density at radius 1 is 0.824 bits per heavy atom. The quantitative estimate of drug-likeness (QED) is 0.577. The van der Waals surface area contributed by atoms with Crippen LogP contribution < -0.4 is 10.6 Å². The molecule has 0 aliphatic rings. The first-order chi connectivity index (χ1) is 8.42. The van der Waals surface area contributed by atoms with Crippen molar-refractivity contribution in [2.45, 2.75) is 18.7 Å². The molecule has 0 nitrogen and oxygen atoms in total. The molecular formula is C15H17NiP. The van der Waals surface area contributed by atoms with Crippen molar-refractivity contribution in [2.24, 2.45) is 0 Å². The minimum atomic E-state index is -0.219. The third kappa shape index (κ3) is 3.66. The molecule has 0 aliphatic carbocycles. The predicted octanol–water partition coefficient (Wildman–Crippen LogP) is 3.95. The van der Waals surface area contributed by atoms with E-state index in [0.717, 1.165) is 0 Å². The summed E-state index contributed by atoms with van der Waals surface area (Å²) in [7, 11) is 0. The Morgan fingerprint density at radius 3 is 1.71 bits per heavy atom. The molecule has 0 aromatic heterocycles. The van der Waals surface area contributed by atoms with Gasteiger partial charge in [0.25, 0.3) is 0 Å². The maximum atomic E-state index is 2.26. The molecule has 0 saturated carbocycles. The summed E-state index contributed by atoms with van der Waals surface area (Å²) in [6, 6.07) is 21.8. The van der Waals surface area contributed by atoms with Gasteiger partial charge in [-0.05, 0) is 0 Å². The molecule has 0 N–H and O–H groups in total. The van der Waals surface area contributed by atoms with Gasteiger partial charge in [-0.15, -0.1) is 0 Å². The Bertz CT molecular complexity index is 388. The third-order valence-corrected chi connectivity index (χ3v) is 7.67. The summed E-state index contributed by atoms with van der Waals surface area (Å²) in [6.45, 7) is 2.03. The van der Waals surface area contributed by atoms with E-state index in [1.54, 1.807) is 0 Å². The van der Waals surface area contributed by atoms with Crippen molar-refractivity contribution in [1.82, 2.24) is 0 Å². The van der Waals surface area contributed by atoms with Crippen LogP contribution in [-0.4, -0.2) is 0 Å². The molecule has 0 spiro atoms. The van der Waals surface area contributed by atoms with Crippen molar-refractivity contribution in [3.8, 4) is 0 Å². The molecule has 2 heteroatoms. The van der Waals surface area contributed by atoms with Crippen LogP contribution in [-0.2, 0) is 14.0 Å². The van der Waals surface area contributed by atoms with Gasteiger partial charge in [0.2, 0.25) is 0 Å². The van der Waals surface area contributed by atoms with E-state index in [4.69, 9.17) is 0 Å². The normalized spacial score (nSPS) is 10.9. The van der Waals surface area contributed by atoms with Crippen molar-refractivity contribution >= 4 is 17.3 Å². The van der Waals surface area contributed by atoms with Crippen molar-refractivity contribution in [2.75, 3.05) is 0 Å². The second kappa shape index (κ2) is 6.94. The van der Waals surface area contributed by atoms with Crippen LogP contribution in [0.25, 0.3) is 0 Å². The van der Waals surface area contributed by atoms with Crippen LogP contribution in [0.3, 0.4) is 0 Å². The van der Waals surface area contributed by atoms with Crippen LogP contribution in [0.1, 0.15) is 13.3 Å². The van der Waals surface area contributed by atoms with E-state index in [2.05, 4.69) is 67.6 Å². The Hall–Kier alpha value is -0.636. The zero-order chi connectivity index (χ0) is 11.9. The predicted molar refractivity (Wildman–Crippen MR) is 74.2 cm³/mol. The molecule has 0 saturated heterocycles. The summed E-state index contributed by atoms with van der Waals surface area (Å²) < 4.78 is 0. The Labute approximate surface area is 111 Å². The minimum absolute atomic E-state index is 0.219. The molecule has 0 radical (unpaired) electrons. The molecular weight excluding hydrogens is 270 g/mol. The summed E-state index contributed by atoms with van der Waals surface area (Å²) in [5, 5.41) is 4.20. The van der Waals surface area contributed by atoms with Gasteiger partial charge in [-0.25, -0.2) is 0 Å². The van der Waals surface area contributed by atoms with Gasteiger partial charge in [-0.1, -0.05) is 0 Å². The van der Waals surface area contributed by atoms with E-state index in [1.165, 1.54) is 22.4 Å². The van der Waals surface area contributed by atoms with Gasteiger partial charge in [-0.3, -0.25) is 0 Å². The van der Waals surface area contributed by atoms with Gasteiger partial charge in [-0.2, -0.15) is 0 Å². The molecule has 17 heavy (non-hydrogen) atoms. The summed E-state index contributed by atoms with van der Waals surface area (Å²) in [5.74, 6) is 0. The van der Waals surface area contributed by atoms with Crippen LogP contribution in [0.5, 0.6) is 0 Å². The summed E-state index contributed by atoms with van der Waals surface area (Å²) in [6.07, 6.45) is 1.25. The van der Waals surface area contributed by atoms with Crippen LogP contribution in [0.4, 0.5) is 0 Å². The average molecular weight is 287 g/mol. The van der Waals surface area contributed by atoms with E-state index < -0.39 is 0 Å². The van der Waals surface area contributed by atoms with Gasteiger partial charge in [0, 0.05) is 0 Å².